The van der Waals surface area contributed by atoms with Gasteiger partial charge in [0.2, 0.25) is 0 Å². The highest BCUT2D eigenvalue weighted by Gasteiger charge is 2.15. The van der Waals surface area contributed by atoms with Crippen molar-refractivity contribution in [1.82, 2.24) is 10.3 Å². The molecule has 0 amide bonds. The minimum Gasteiger partial charge on any atom is -0.316 e. The van der Waals surface area contributed by atoms with Crippen LogP contribution in [0.2, 0.25) is 0 Å². The van der Waals surface area contributed by atoms with E-state index >= 15 is 0 Å². The number of pyridine rings is 1. The molecular weight excluding hydrogens is 204 g/mol. The van der Waals surface area contributed by atoms with Crippen molar-refractivity contribution in [2.45, 2.75) is 16.7 Å². The van der Waals surface area contributed by atoms with Gasteiger partial charge in [0, 0.05) is 18.0 Å². The number of aromatic nitrogens is 1. The summed E-state index contributed by atoms with van der Waals surface area (Å²) >= 11 is 1.88. The predicted octanol–water partition coefficient (Wildman–Crippen LogP) is 1.96. The average Bonchev–Trinajstić information content (AvgIpc) is 2.59. The monoisotopic (exact) mass is 216 g/mol. The van der Waals surface area contributed by atoms with Crippen LogP contribution in [0.5, 0.6) is 0 Å². The van der Waals surface area contributed by atoms with Gasteiger partial charge in [-0.2, -0.15) is 0 Å². The number of nitrogens with zero attached hydrogens (tertiary/aromatic N) is 1. The third-order valence-electron chi connectivity index (χ3n) is 1.94. The first-order valence-corrected chi connectivity index (χ1v) is 5.11. The molecule has 0 radical (unpaired) electrons. The molecule has 13 heavy (non-hydrogen) atoms. The normalized spacial score (nSPS) is 21.1. The van der Waals surface area contributed by atoms with Crippen LogP contribution in [0.15, 0.2) is 29.4 Å². The van der Waals surface area contributed by atoms with Crippen LogP contribution in [-0.4, -0.2) is 23.3 Å². The molecule has 1 aliphatic rings. The summed E-state index contributed by atoms with van der Waals surface area (Å²) in [5.74, 6) is 0. The van der Waals surface area contributed by atoms with Gasteiger partial charge in [0.15, 0.2) is 0 Å². The van der Waals surface area contributed by atoms with Crippen molar-refractivity contribution in [2.75, 3.05) is 13.1 Å². The second-order valence-electron chi connectivity index (χ2n) is 2.90. The van der Waals surface area contributed by atoms with Crippen LogP contribution in [0, 0.1) is 0 Å². The van der Waals surface area contributed by atoms with E-state index in [2.05, 4.69) is 16.4 Å². The lowest BCUT2D eigenvalue weighted by atomic mass is 10.4. The fourth-order valence-electron chi connectivity index (χ4n) is 1.32. The summed E-state index contributed by atoms with van der Waals surface area (Å²) in [6.07, 6.45) is 3.12. The van der Waals surface area contributed by atoms with Crippen LogP contribution in [0.3, 0.4) is 0 Å². The van der Waals surface area contributed by atoms with Crippen molar-refractivity contribution in [3.63, 3.8) is 0 Å². The molecule has 0 aliphatic carbocycles. The molecule has 2 nitrogen and oxygen atoms in total. The van der Waals surface area contributed by atoms with Gasteiger partial charge >= 0.3 is 0 Å². The molecule has 72 valence electrons. The second kappa shape index (κ2) is 5.47. The number of hydrogen-bond acceptors (Lipinski definition) is 3. The molecule has 0 spiro atoms. The summed E-state index contributed by atoms with van der Waals surface area (Å²) in [5.41, 5.74) is 0. The minimum absolute atomic E-state index is 0. The predicted molar refractivity (Wildman–Crippen MR) is 58.6 cm³/mol. The first-order valence-electron chi connectivity index (χ1n) is 4.23. The maximum Gasteiger partial charge on any atom is 0.0962 e. The molecule has 2 rings (SSSR count). The highest BCUT2D eigenvalue weighted by atomic mass is 35.5. The quantitative estimate of drug-likeness (QED) is 0.818. The van der Waals surface area contributed by atoms with E-state index in [1.807, 2.05) is 30.1 Å². The summed E-state index contributed by atoms with van der Waals surface area (Å²) in [6.45, 7) is 2.28. The lowest BCUT2D eigenvalue weighted by molar-refractivity contribution is 0.858. The topological polar surface area (TPSA) is 24.9 Å². The zero-order chi connectivity index (χ0) is 8.23. The van der Waals surface area contributed by atoms with Crippen molar-refractivity contribution in [1.29, 1.82) is 0 Å². The number of nitrogens with one attached hydrogen (secondary N) is 1. The maximum atomic E-state index is 4.28. The summed E-state index contributed by atoms with van der Waals surface area (Å²) in [5, 5.41) is 5.21. The molecule has 0 unspecified atom stereocenters. The lowest BCUT2D eigenvalue weighted by Gasteiger charge is -2.05. The van der Waals surface area contributed by atoms with Gasteiger partial charge in [0.1, 0.15) is 0 Å². The summed E-state index contributed by atoms with van der Waals surface area (Å²) in [4.78, 5) is 4.28. The fraction of sp³-hybridized carbons (Fsp3) is 0.444. The molecule has 1 fully saturated rings. The SMILES string of the molecule is Cl.c1ccc(S[C@@H]2CCNC2)nc1. The van der Waals surface area contributed by atoms with E-state index in [0.29, 0.717) is 0 Å². The van der Waals surface area contributed by atoms with Gasteiger partial charge in [0.25, 0.3) is 0 Å². The Bertz CT molecular complexity index is 237. The third kappa shape index (κ3) is 3.18. The molecule has 1 atom stereocenters. The van der Waals surface area contributed by atoms with E-state index in [4.69, 9.17) is 0 Å². The van der Waals surface area contributed by atoms with E-state index in [1.165, 1.54) is 6.42 Å². The van der Waals surface area contributed by atoms with E-state index in [0.717, 1.165) is 23.4 Å². The van der Waals surface area contributed by atoms with Crippen molar-refractivity contribution < 1.29 is 0 Å². The van der Waals surface area contributed by atoms with Crippen LogP contribution in [0.1, 0.15) is 6.42 Å². The summed E-state index contributed by atoms with van der Waals surface area (Å²) in [6, 6.07) is 6.07. The Morgan fingerprint density at radius 3 is 3.00 bits per heavy atom. The Morgan fingerprint density at radius 1 is 1.46 bits per heavy atom. The zero-order valence-electron chi connectivity index (χ0n) is 7.27. The molecule has 0 saturated carbocycles. The van der Waals surface area contributed by atoms with Crippen molar-refractivity contribution in [2.24, 2.45) is 0 Å². The van der Waals surface area contributed by atoms with Gasteiger partial charge in [-0.1, -0.05) is 6.07 Å². The fourth-order valence-corrected chi connectivity index (χ4v) is 2.37. The number of thioether (sulfide) groups is 1. The van der Waals surface area contributed by atoms with Gasteiger partial charge in [-0.25, -0.2) is 4.98 Å². The molecule has 0 bridgehead atoms. The summed E-state index contributed by atoms with van der Waals surface area (Å²) < 4.78 is 0. The molecule has 0 aromatic carbocycles. The van der Waals surface area contributed by atoms with Gasteiger partial charge in [-0.15, -0.1) is 24.2 Å². The minimum atomic E-state index is 0. The smallest absolute Gasteiger partial charge is 0.0962 e. The zero-order valence-corrected chi connectivity index (χ0v) is 8.90. The Labute approximate surface area is 88.9 Å². The maximum absolute atomic E-state index is 4.28. The van der Waals surface area contributed by atoms with Crippen molar-refractivity contribution >= 4 is 24.2 Å². The number of hydrogen-bond donors (Lipinski definition) is 1. The van der Waals surface area contributed by atoms with Crippen LogP contribution in [-0.2, 0) is 0 Å². The van der Waals surface area contributed by atoms with Crippen molar-refractivity contribution in [3.05, 3.63) is 24.4 Å². The molecule has 2 heterocycles. The Kier molecular flexibility index (Phi) is 4.56. The van der Waals surface area contributed by atoms with Crippen LogP contribution < -0.4 is 5.32 Å². The third-order valence-corrected chi connectivity index (χ3v) is 3.16. The van der Waals surface area contributed by atoms with E-state index in [1.54, 1.807) is 0 Å². The van der Waals surface area contributed by atoms with E-state index < -0.39 is 0 Å². The van der Waals surface area contributed by atoms with E-state index in [9.17, 15) is 0 Å². The highest BCUT2D eigenvalue weighted by molar-refractivity contribution is 7.99. The van der Waals surface area contributed by atoms with Crippen molar-refractivity contribution in [3.8, 4) is 0 Å². The van der Waals surface area contributed by atoms with Gasteiger partial charge in [-0.05, 0) is 25.1 Å². The first kappa shape index (κ1) is 10.8. The number of rotatable bonds is 2. The molecule has 1 aromatic heterocycles. The standard InChI is InChI=1S/C9H12N2S.ClH/c1-2-5-11-9(3-1)12-8-4-6-10-7-8;/h1-3,5,8,10H,4,6-7H2;1H/t8-;/m1./s1. The lowest BCUT2D eigenvalue weighted by Crippen LogP contribution is -2.10. The van der Waals surface area contributed by atoms with Crippen LogP contribution in [0.25, 0.3) is 0 Å². The molecular formula is C9H13ClN2S. The van der Waals surface area contributed by atoms with Gasteiger partial charge in [0.05, 0.1) is 5.03 Å². The van der Waals surface area contributed by atoms with E-state index in [-0.39, 0.29) is 12.4 Å². The van der Waals surface area contributed by atoms with Gasteiger partial charge in [-0.3, -0.25) is 0 Å². The molecule has 1 saturated heterocycles. The van der Waals surface area contributed by atoms with Gasteiger partial charge < -0.3 is 5.32 Å². The summed E-state index contributed by atoms with van der Waals surface area (Å²) in [7, 11) is 0. The van der Waals surface area contributed by atoms with Crippen LogP contribution >= 0.6 is 24.2 Å². The molecule has 4 heteroatoms. The molecule has 1 N–H and O–H groups in total. The Morgan fingerprint density at radius 2 is 2.38 bits per heavy atom. The largest absolute Gasteiger partial charge is 0.316 e. The first-order chi connectivity index (χ1) is 5.95. The molecule has 1 aromatic rings. The number of halogens is 1. The average molecular weight is 217 g/mol. The Balaban J connectivity index is 0.000000845. The highest BCUT2D eigenvalue weighted by Crippen LogP contribution is 2.24. The Hall–Kier alpha value is -0.250. The second-order valence-corrected chi connectivity index (χ2v) is 4.22. The molecule has 1 aliphatic heterocycles. The van der Waals surface area contributed by atoms with Crippen LogP contribution in [0.4, 0.5) is 0 Å².